The van der Waals surface area contributed by atoms with E-state index in [1.54, 1.807) is 4.68 Å². The molecule has 1 aromatic heterocycles. The molecular weight excluding hydrogens is 440 g/mol. The van der Waals surface area contributed by atoms with Crippen molar-refractivity contribution in [2.24, 2.45) is 12.5 Å². The van der Waals surface area contributed by atoms with E-state index < -0.39 is 13.0 Å². The molecule has 168 valence electrons. The molecule has 3 atom stereocenters. The Hall–Kier alpha value is -2.16. The molecule has 3 aromatic rings. The number of methoxy groups -OCH3 is 1. The Bertz CT molecular complexity index is 1200. The van der Waals surface area contributed by atoms with E-state index >= 15 is 0 Å². The average molecular weight is 469 g/mol. The van der Waals surface area contributed by atoms with Gasteiger partial charge in [-0.3, -0.25) is 9.36 Å². The summed E-state index contributed by atoms with van der Waals surface area (Å²) in [6.45, 7) is 8.03. The Morgan fingerprint density at radius 2 is 2.06 bits per heavy atom. The monoisotopic (exact) mass is 469 g/mol. The molecule has 0 amide bonds. The molecule has 0 bridgehead atoms. The molecule has 1 aliphatic rings. The molecule has 0 saturated carbocycles. The van der Waals surface area contributed by atoms with Gasteiger partial charge in [0.1, 0.15) is 5.52 Å². The van der Waals surface area contributed by atoms with Crippen molar-refractivity contribution in [2.75, 3.05) is 13.8 Å². The van der Waals surface area contributed by atoms with Crippen molar-refractivity contribution in [1.29, 1.82) is 0 Å². The van der Waals surface area contributed by atoms with Crippen LogP contribution in [0.25, 0.3) is 11.0 Å². The summed E-state index contributed by atoms with van der Waals surface area (Å²) >= 11 is 0. The summed E-state index contributed by atoms with van der Waals surface area (Å²) in [6.07, 6.45) is 2.05. The summed E-state index contributed by atoms with van der Waals surface area (Å²) < 4.78 is 18.6. The van der Waals surface area contributed by atoms with Crippen molar-refractivity contribution in [3.63, 3.8) is 0 Å². The smallest absolute Gasteiger partial charge is 0.312 e. The Kier molecular flexibility index (Phi) is 6.22. The lowest BCUT2D eigenvalue weighted by molar-refractivity contribution is -0.151. The molecule has 4 rings (SSSR count). The summed E-state index contributed by atoms with van der Waals surface area (Å²) in [5, 5.41) is 8.55. The Labute approximate surface area is 191 Å². The number of ether oxygens (including phenoxy) is 1. The molecule has 0 radical (unpaired) electrons. The SMILES string of the molecule is COC(=O)C(C)(C)C(c1ccc2c(c1)C(P(C)P=O)CC2)c1ccc2c(nnn2C)c1C. The number of carbonyl (C=O) groups excluding carboxylic acids is 1. The fraction of sp³-hybridized carbons (Fsp3) is 0.458. The molecule has 0 N–H and O–H groups in total. The van der Waals surface area contributed by atoms with Crippen molar-refractivity contribution < 1.29 is 14.1 Å². The largest absolute Gasteiger partial charge is 0.469 e. The maximum absolute atomic E-state index is 13.0. The van der Waals surface area contributed by atoms with Crippen molar-refractivity contribution >= 4 is 32.8 Å². The van der Waals surface area contributed by atoms with Crippen LogP contribution in [0.15, 0.2) is 30.3 Å². The number of benzene rings is 2. The second-order valence-corrected chi connectivity index (χ2v) is 13.5. The highest BCUT2D eigenvalue weighted by Crippen LogP contribution is 2.62. The van der Waals surface area contributed by atoms with Crippen LogP contribution in [0.2, 0.25) is 0 Å². The van der Waals surface area contributed by atoms with Crippen LogP contribution in [0.5, 0.6) is 0 Å². The summed E-state index contributed by atoms with van der Waals surface area (Å²) in [6, 6.07) is 10.7. The predicted octanol–water partition coefficient (Wildman–Crippen LogP) is 5.91. The number of hydrogen-bond donors (Lipinski definition) is 0. The van der Waals surface area contributed by atoms with Crippen molar-refractivity contribution in [2.45, 2.75) is 45.2 Å². The minimum atomic E-state index is -0.800. The molecule has 2 aromatic carbocycles. The van der Waals surface area contributed by atoms with Crippen LogP contribution in [-0.2, 0) is 27.6 Å². The van der Waals surface area contributed by atoms with Gasteiger partial charge < -0.3 is 4.74 Å². The Balaban J connectivity index is 1.92. The Morgan fingerprint density at radius 3 is 2.75 bits per heavy atom. The molecule has 8 heteroatoms. The van der Waals surface area contributed by atoms with Gasteiger partial charge in [-0.15, -0.1) is 5.10 Å². The summed E-state index contributed by atoms with van der Waals surface area (Å²) in [4.78, 5) is 13.0. The van der Waals surface area contributed by atoms with Gasteiger partial charge in [0, 0.05) is 18.6 Å². The molecule has 1 heterocycles. The summed E-state index contributed by atoms with van der Waals surface area (Å²) in [7, 11) is 2.94. The first kappa shape index (κ1) is 23.0. The van der Waals surface area contributed by atoms with E-state index in [4.69, 9.17) is 4.74 Å². The number of esters is 1. The van der Waals surface area contributed by atoms with E-state index in [1.165, 1.54) is 18.2 Å². The van der Waals surface area contributed by atoms with Crippen molar-refractivity contribution in [3.8, 4) is 0 Å². The van der Waals surface area contributed by atoms with Gasteiger partial charge in [0.25, 0.3) is 0 Å². The highest BCUT2D eigenvalue weighted by molar-refractivity contribution is 8.16. The van der Waals surface area contributed by atoms with Crippen LogP contribution >= 0.6 is 15.8 Å². The molecule has 6 nitrogen and oxygen atoms in total. The van der Waals surface area contributed by atoms with Crippen LogP contribution in [0.3, 0.4) is 0 Å². The minimum absolute atomic E-state index is 0.221. The summed E-state index contributed by atoms with van der Waals surface area (Å²) in [5.41, 5.74) is 7.07. The molecular formula is C24H29N3O3P2. The minimum Gasteiger partial charge on any atom is -0.469 e. The zero-order chi connectivity index (χ0) is 23.2. The second-order valence-electron chi connectivity index (χ2n) is 9.17. The van der Waals surface area contributed by atoms with Crippen LogP contribution in [-0.4, -0.2) is 34.7 Å². The van der Waals surface area contributed by atoms with E-state index in [2.05, 4.69) is 41.2 Å². The third-order valence-corrected chi connectivity index (χ3v) is 10.3. The van der Waals surface area contributed by atoms with E-state index in [1.807, 2.05) is 33.9 Å². The first-order valence-corrected chi connectivity index (χ1v) is 14.1. The lowest BCUT2D eigenvalue weighted by Gasteiger charge is -2.34. The lowest BCUT2D eigenvalue weighted by Crippen LogP contribution is -2.34. The topological polar surface area (TPSA) is 74.1 Å². The van der Waals surface area contributed by atoms with Gasteiger partial charge in [-0.25, -0.2) is 4.68 Å². The van der Waals surface area contributed by atoms with Gasteiger partial charge in [-0.1, -0.05) is 29.5 Å². The lowest BCUT2D eigenvalue weighted by atomic mass is 9.69. The predicted molar refractivity (Wildman–Crippen MR) is 129 cm³/mol. The van der Waals surface area contributed by atoms with E-state index in [-0.39, 0.29) is 20.0 Å². The first-order chi connectivity index (χ1) is 15.2. The number of nitrogens with zero attached hydrogens (tertiary/aromatic N) is 3. The zero-order valence-corrected chi connectivity index (χ0v) is 21.2. The maximum atomic E-state index is 13.0. The van der Waals surface area contributed by atoms with Crippen LogP contribution < -0.4 is 0 Å². The van der Waals surface area contributed by atoms with Crippen LogP contribution in [0.1, 0.15) is 59.7 Å². The third kappa shape index (κ3) is 3.68. The van der Waals surface area contributed by atoms with Crippen LogP contribution in [0.4, 0.5) is 0 Å². The number of rotatable bonds is 6. The van der Waals surface area contributed by atoms with Gasteiger partial charge in [0.15, 0.2) is 8.15 Å². The van der Waals surface area contributed by atoms with Gasteiger partial charge >= 0.3 is 5.97 Å². The van der Waals surface area contributed by atoms with Crippen molar-refractivity contribution in [3.05, 3.63) is 58.1 Å². The standard InChI is InChI=1S/C24H29N3O3P2/c1-14-17(10-11-19-22(14)25-26-27(19)4)21(24(2,3)23(28)30-5)16-8-7-15-9-12-20(18(15)13-16)32(6)31-29/h7-8,10-11,13,20-21H,9,12H2,1-6H3. The summed E-state index contributed by atoms with van der Waals surface area (Å²) in [5.74, 6) is -0.477. The molecule has 1 aliphatic carbocycles. The fourth-order valence-electron chi connectivity index (χ4n) is 5.15. The normalized spacial score (nSPS) is 18.0. The van der Waals surface area contributed by atoms with E-state index in [0.717, 1.165) is 40.6 Å². The van der Waals surface area contributed by atoms with Gasteiger partial charge in [0.2, 0.25) is 0 Å². The van der Waals surface area contributed by atoms with Crippen LogP contribution in [0, 0.1) is 12.3 Å². The molecule has 0 saturated heterocycles. The number of fused-ring (bicyclic) bond motifs is 2. The molecule has 0 aliphatic heterocycles. The van der Waals surface area contributed by atoms with Gasteiger partial charge in [0.05, 0.1) is 18.0 Å². The first-order valence-electron chi connectivity index (χ1n) is 10.8. The molecule has 32 heavy (non-hydrogen) atoms. The number of carbonyl (C=O) groups is 1. The number of hydrogen-bond acceptors (Lipinski definition) is 5. The van der Waals surface area contributed by atoms with E-state index in [9.17, 15) is 9.36 Å². The van der Waals surface area contributed by atoms with E-state index in [0.29, 0.717) is 5.66 Å². The fourth-order valence-corrected chi connectivity index (χ4v) is 7.47. The Morgan fingerprint density at radius 1 is 1.31 bits per heavy atom. The zero-order valence-electron chi connectivity index (χ0n) is 19.4. The van der Waals surface area contributed by atoms with Gasteiger partial charge in [-0.2, -0.15) is 0 Å². The van der Waals surface area contributed by atoms with Gasteiger partial charge in [-0.05, 0) is 81.8 Å². The highest BCUT2D eigenvalue weighted by atomic mass is 32.0. The van der Waals surface area contributed by atoms with Crippen molar-refractivity contribution in [1.82, 2.24) is 15.0 Å². The third-order valence-electron chi connectivity index (χ3n) is 6.95. The quantitative estimate of drug-likeness (QED) is 0.331. The highest BCUT2D eigenvalue weighted by Gasteiger charge is 2.41. The molecule has 3 unspecified atom stereocenters. The second kappa shape index (κ2) is 8.65. The average Bonchev–Trinajstić information content (AvgIpc) is 3.38. The molecule has 0 spiro atoms. The maximum Gasteiger partial charge on any atom is 0.312 e. The molecule has 0 fully saturated rings. The number of aryl methyl sites for hydroxylation is 3. The number of aromatic nitrogens is 3.